The maximum atomic E-state index is 13.0. The molecular weight excluding hydrogens is 438 g/mol. The first-order chi connectivity index (χ1) is 14.7. The van der Waals surface area contributed by atoms with Crippen LogP contribution in [0.2, 0.25) is 0 Å². The molecule has 0 radical (unpaired) electrons. The first-order valence-electron chi connectivity index (χ1n) is 9.69. The summed E-state index contributed by atoms with van der Waals surface area (Å²) in [7, 11) is -7.28. The predicted octanol–water partition coefficient (Wildman–Crippen LogP) is 0.865. The third-order valence-electron chi connectivity index (χ3n) is 4.86. The molecule has 1 fully saturated rings. The third kappa shape index (κ3) is 4.99. The van der Waals surface area contributed by atoms with Crippen LogP contribution in [0.15, 0.2) is 52.4 Å². The van der Waals surface area contributed by atoms with E-state index in [0.29, 0.717) is 13.1 Å². The van der Waals surface area contributed by atoms with Gasteiger partial charge in [0, 0.05) is 38.1 Å². The van der Waals surface area contributed by atoms with E-state index in [4.69, 9.17) is 5.73 Å². The molecule has 31 heavy (non-hydrogen) atoms. The van der Waals surface area contributed by atoms with E-state index in [9.17, 15) is 16.8 Å². The van der Waals surface area contributed by atoms with Gasteiger partial charge in [-0.25, -0.2) is 26.5 Å². The Morgan fingerprint density at radius 3 is 2.35 bits per heavy atom. The minimum atomic E-state index is -3.73. The van der Waals surface area contributed by atoms with E-state index in [1.165, 1.54) is 34.8 Å². The Labute approximate surface area is 183 Å². The van der Waals surface area contributed by atoms with Crippen molar-refractivity contribution >= 4 is 31.6 Å². The summed E-state index contributed by atoms with van der Waals surface area (Å²) < 4.78 is 54.2. The number of nitrogens with zero attached hydrogens (tertiary/aromatic N) is 3. The number of nitrogens with two attached hydrogens (primary N) is 1. The highest BCUT2D eigenvalue weighted by atomic mass is 32.2. The van der Waals surface area contributed by atoms with Gasteiger partial charge in [-0.1, -0.05) is 12.8 Å². The molecule has 0 bridgehead atoms. The van der Waals surface area contributed by atoms with Gasteiger partial charge in [0.1, 0.15) is 16.8 Å². The van der Waals surface area contributed by atoms with Crippen molar-refractivity contribution in [3.05, 3.63) is 42.6 Å². The zero-order valence-electron chi connectivity index (χ0n) is 17.3. The van der Waals surface area contributed by atoms with E-state index in [1.54, 1.807) is 26.0 Å². The zero-order valence-corrected chi connectivity index (χ0v) is 18.9. The lowest BCUT2D eigenvalue weighted by Gasteiger charge is -2.39. The molecule has 1 aliphatic rings. The fraction of sp³-hybridized carbons (Fsp3) is 0.350. The Morgan fingerprint density at radius 1 is 1.10 bits per heavy atom. The summed E-state index contributed by atoms with van der Waals surface area (Å²) in [5.41, 5.74) is 6.33. The second-order valence-electron chi connectivity index (χ2n) is 6.88. The van der Waals surface area contributed by atoms with Crippen molar-refractivity contribution in [2.75, 3.05) is 36.8 Å². The molecule has 166 valence electrons. The van der Waals surface area contributed by atoms with Gasteiger partial charge in [-0.2, -0.15) is 4.31 Å². The molecule has 1 aromatic carbocycles. The minimum Gasteiger partial charge on any atom is -0.384 e. The SMILES string of the molecule is CC#CC1CN(S(=O)(=O)c2ccc(N)nc2)CCN1c1ccc(S(=O)(=O)NCC)cc1. The second-order valence-corrected chi connectivity index (χ2v) is 10.6. The summed E-state index contributed by atoms with van der Waals surface area (Å²) >= 11 is 0. The average molecular weight is 464 g/mol. The van der Waals surface area contributed by atoms with Crippen LogP contribution in [0.4, 0.5) is 11.5 Å². The van der Waals surface area contributed by atoms with Gasteiger partial charge in [-0.15, -0.1) is 5.92 Å². The molecule has 1 aromatic heterocycles. The number of aromatic nitrogens is 1. The van der Waals surface area contributed by atoms with Crippen LogP contribution in [0.25, 0.3) is 0 Å². The number of piperazine rings is 1. The first-order valence-corrected chi connectivity index (χ1v) is 12.6. The van der Waals surface area contributed by atoms with Crippen molar-refractivity contribution in [1.82, 2.24) is 14.0 Å². The smallest absolute Gasteiger partial charge is 0.244 e. The van der Waals surface area contributed by atoms with Crippen LogP contribution in [0, 0.1) is 11.8 Å². The standard InChI is InChI=1S/C20H25N5O4S2/c1-3-5-17-15-24(31(28,29)19-10-11-20(21)22-14-19)12-13-25(17)16-6-8-18(9-7-16)30(26,27)23-4-2/h6-11,14,17,23H,4,12-13,15H2,1-2H3,(H2,21,22). The lowest BCUT2D eigenvalue weighted by molar-refractivity contribution is 0.360. The Bertz CT molecular complexity index is 1180. The summed E-state index contributed by atoms with van der Waals surface area (Å²) in [6, 6.07) is 9.00. The topological polar surface area (TPSA) is 126 Å². The Hall–Kier alpha value is -2.65. The number of nitrogen functional groups attached to an aromatic ring is 1. The molecule has 9 nitrogen and oxygen atoms in total. The van der Waals surface area contributed by atoms with Crippen LogP contribution in [0.1, 0.15) is 13.8 Å². The number of benzene rings is 1. The highest BCUT2D eigenvalue weighted by Crippen LogP contribution is 2.25. The van der Waals surface area contributed by atoms with Crippen LogP contribution in [0.3, 0.4) is 0 Å². The number of hydrogen-bond acceptors (Lipinski definition) is 7. The molecule has 1 atom stereocenters. The van der Waals surface area contributed by atoms with Crippen molar-refractivity contribution in [2.45, 2.75) is 29.7 Å². The van der Waals surface area contributed by atoms with Crippen LogP contribution < -0.4 is 15.4 Å². The maximum absolute atomic E-state index is 13.0. The normalized spacial score (nSPS) is 17.7. The fourth-order valence-electron chi connectivity index (χ4n) is 3.36. The molecule has 0 amide bonds. The number of hydrogen-bond donors (Lipinski definition) is 2. The second kappa shape index (κ2) is 9.23. The van der Waals surface area contributed by atoms with Gasteiger partial charge in [-0.3, -0.25) is 0 Å². The van der Waals surface area contributed by atoms with E-state index in [-0.39, 0.29) is 34.7 Å². The molecule has 3 rings (SSSR count). The molecule has 0 spiro atoms. The molecule has 1 saturated heterocycles. The van der Waals surface area contributed by atoms with Gasteiger partial charge in [0.2, 0.25) is 20.0 Å². The lowest BCUT2D eigenvalue weighted by atomic mass is 10.1. The van der Waals surface area contributed by atoms with Gasteiger partial charge in [-0.05, 0) is 43.3 Å². The van der Waals surface area contributed by atoms with Gasteiger partial charge < -0.3 is 10.6 Å². The lowest BCUT2D eigenvalue weighted by Crippen LogP contribution is -2.54. The molecule has 1 aliphatic heterocycles. The summed E-state index contributed by atoms with van der Waals surface area (Å²) in [4.78, 5) is 6.11. The van der Waals surface area contributed by atoms with E-state index >= 15 is 0 Å². The van der Waals surface area contributed by atoms with Crippen molar-refractivity contribution in [3.63, 3.8) is 0 Å². The summed E-state index contributed by atoms with van der Waals surface area (Å²) in [5, 5.41) is 0. The summed E-state index contributed by atoms with van der Waals surface area (Å²) in [5.74, 6) is 6.17. The Kier molecular flexibility index (Phi) is 6.86. The quantitative estimate of drug-likeness (QED) is 0.609. The average Bonchev–Trinajstić information content (AvgIpc) is 2.74. The molecule has 11 heteroatoms. The maximum Gasteiger partial charge on any atom is 0.244 e. The van der Waals surface area contributed by atoms with E-state index < -0.39 is 20.0 Å². The number of sulfonamides is 2. The zero-order chi connectivity index (χ0) is 22.6. The molecule has 0 saturated carbocycles. The minimum absolute atomic E-state index is 0.0799. The number of anilines is 2. The van der Waals surface area contributed by atoms with Crippen molar-refractivity contribution in [1.29, 1.82) is 0 Å². The first kappa shape index (κ1) is 23.0. The van der Waals surface area contributed by atoms with Gasteiger partial charge in [0.25, 0.3) is 0 Å². The molecule has 2 heterocycles. The van der Waals surface area contributed by atoms with E-state index in [0.717, 1.165) is 5.69 Å². The molecule has 0 aliphatic carbocycles. The highest BCUT2D eigenvalue weighted by Gasteiger charge is 2.34. The van der Waals surface area contributed by atoms with E-state index in [1.807, 2.05) is 4.90 Å². The van der Waals surface area contributed by atoms with Crippen LogP contribution in [-0.2, 0) is 20.0 Å². The van der Waals surface area contributed by atoms with Crippen LogP contribution in [-0.4, -0.2) is 58.3 Å². The van der Waals surface area contributed by atoms with Crippen LogP contribution >= 0.6 is 0 Å². The predicted molar refractivity (Wildman–Crippen MR) is 119 cm³/mol. The van der Waals surface area contributed by atoms with Crippen molar-refractivity contribution in [2.24, 2.45) is 0 Å². The summed E-state index contributed by atoms with van der Waals surface area (Å²) in [6.07, 6.45) is 1.25. The van der Waals surface area contributed by atoms with Crippen LogP contribution in [0.5, 0.6) is 0 Å². The molecular formula is C20H25N5O4S2. The molecule has 2 aromatic rings. The summed E-state index contributed by atoms with van der Waals surface area (Å²) in [6.45, 7) is 4.55. The van der Waals surface area contributed by atoms with Gasteiger partial charge in [0.15, 0.2) is 0 Å². The van der Waals surface area contributed by atoms with Gasteiger partial charge >= 0.3 is 0 Å². The van der Waals surface area contributed by atoms with Crippen molar-refractivity contribution < 1.29 is 16.8 Å². The largest absolute Gasteiger partial charge is 0.384 e. The monoisotopic (exact) mass is 463 g/mol. The van der Waals surface area contributed by atoms with Gasteiger partial charge in [0.05, 0.1) is 4.90 Å². The Morgan fingerprint density at radius 2 is 1.77 bits per heavy atom. The van der Waals surface area contributed by atoms with Crippen molar-refractivity contribution in [3.8, 4) is 11.8 Å². The fourth-order valence-corrected chi connectivity index (χ4v) is 5.78. The van der Waals surface area contributed by atoms with E-state index in [2.05, 4.69) is 21.5 Å². The molecule has 1 unspecified atom stereocenters. The number of rotatable bonds is 6. The number of pyridine rings is 1. The third-order valence-corrected chi connectivity index (χ3v) is 8.27. The highest BCUT2D eigenvalue weighted by molar-refractivity contribution is 7.89. The number of nitrogens with one attached hydrogen (secondary N) is 1. The Balaban J connectivity index is 1.83. The molecule has 3 N–H and O–H groups in total.